The zero-order valence-corrected chi connectivity index (χ0v) is 9.16. The van der Waals surface area contributed by atoms with Crippen LogP contribution in [0.4, 0.5) is 28.0 Å². The van der Waals surface area contributed by atoms with Gasteiger partial charge in [0.25, 0.3) is 5.72 Å². The summed E-state index contributed by atoms with van der Waals surface area (Å²) in [7, 11) is 0. The Bertz CT molecular complexity index is 534. The third kappa shape index (κ3) is 1.68. The van der Waals surface area contributed by atoms with Crippen molar-refractivity contribution in [2.75, 3.05) is 5.32 Å². The highest BCUT2D eigenvalue weighted by Crippen LogP contribution is 2.44. The van der Waals surface area contributed by atoms with E-state index < -0.39 is 40.0 Å². The molecular weight excluding hydrogens is 280 g/mol. The Morgan fingerprint density at radius 3 is 2.50 bits per heavy atom. The fourth-order valence-electron chi connectivity index (χ4n) is 1.60. The van der Waals surface area contributed by atoms with Gasteiger partial charge in [-0.15, -0.1) is 0 Å². The smallest absolute Gasteiger partial charge is 0.360 e. The molecule has 98 valence electrons. The monoisotopic (exact) mass is 284 g/mol. The number of aliphatic hydroxyl groups is 1. The Morgan fingerprint density at radius 2 is 1.94 bits per heavy atom. The highest BCUT2D eigenvalue weighted by atomic mass is 35.5. The summed E-state index contributed by atoms with van der Waals surface area (Å²) >= 11 is 5.37. The van der Waals surface area contributed by atoms with Gasteiger partial charge in [0.05, 0.1) is 16.3 Å². The Hall–Kier alpha value is -1.54. The Morgan fingerprint density at radius 1 is 1.33 bits per heavy atom. The molecule has 9 heteroatoms. The van der Waals surface area contributed by atoms with E-state index >= 15 is 0 Å². The molecule has 0 aromatic heterocycles. The highest BCUT2D eigenvalue weighted by molar-refractivity contribution is 6.31. The standard InChI is InChI=1S/C9H5ClF4N2O2/c10-3-1-2-4-5(6(3)11)8(18,9(12,13)14)16-7(17)15-4/h1-2,18H,(H2,15,16,17). The molecule has 3 N–H and O–H groups in total. The summed E-state index contributed by atoms with van der Waals surface area (Å²) in [6, 6.07) is 0.637. The van der Waals surface area contributed by atoms with Crippen LogP contribution < -0.4 is 10.6 Å². The van der Waals surface area contributed by atoms with E-state index in [0.717, 1.165) is 12.1 Å². The summed E-state index contributed by atoms with van der Waals surface area (Å²) in [5, 5.41) is 12.1. The predicted molar refractivity (Wildman–Crippen MR) is 53.5 cm³/mol. The Balaban J connectivity index is 2.75. The zero-order valence-electron chi connectivity index (χ0n) is 8.40. The van der Waals surface area contributed by atoms with E-state index in [1.54, 1.807) is 0 Å². The van der Waals surface area contributed by atoms with Crippen LogP contribution in [0.15, 0.2) is 12.1 Å². The maximum Gasteiger partial charge on any atom is 0.441 e. The number of alkyl halides is 3. The zero-order chi connectivity index (χ0) is 13.7. The number of rotatable bonds is 0. The summed E-state index contributed by atoms with van der Waals surface area (Å²) in [6.07, 6.45) is -5.30. The lowest BCUT2D eigenvalue weighted by Gasteiger charge is -2.36. The van der Waals surface area contributed by atoms with Gasteiger partial charge in [-0.25, -0.2) is 9.18 Å². The first-order valence-electron chi connectivity index (χ1n) is 4.53. The normalized spacial score (nSPS) is 23.1. The van der Waals surface area contributed by atoms with Crippen molar-refractivity contribution in [1.29, 1.82) is 0 Å². The van der Waals surface area contributed by atoms with Crippen molar-refractivity contribution < 1.29 is 27.5 Å². The molecule has 1 atom stereocenters. The molecule has 2 amide bonds. The molecule has 1 aromatic rings. The van der Waals surface area contributed by atoms with Gasteiger partial charge in [0.1, 0.15) is 0 Å². The van der Waals surface area contributed by atoms with Crippen molar-refractivity contribution in [3.05, 3.63) is 28.5 Å². The van der Waals surface area contributed by atoms with E-state index in [2.05, 4.69) is 0 Å². The van der Waals surface area contributed by atoms with Gasteiger partial charge < -0.3 is 10.4 Å². The predicted octanol–water partition coefficient (Wildman–Crippen LogP) is 2.32. The molecule has 1 unspecified atom stereocenters. The molecule has 0 spiro atoms. The number of fused-ring (bicyclic) bond motifs is 1. The maximum absolute atomic E-state index is 13.7. The summed E-state index contributed by atoms with van der Waals surface area (Å²) in [5.74, 6) is -1.46. The van der Waals surface area contributed by atoms with Gasteiger partial charge in [-0.2, -0.15) is 13.2 Å². The number of hydrogen-bond donors (Lipinski definition) is 3. The molecule has 0 saturated carbocycles. The van der Waals surface area contributed by atoms with Crippen molar-refractivity contribution in [3.63, 3.8) is 0 Å². The molecule has 1 aliphatic rings. The van der Waals surface area contributed by atoms with Crippen LogP contribution in [0.2, 0.25) is 5.02 Å². The number of hydrogen-bond acceptors (Lipinski definition) is 2. The first kappa shape index (κ1) is 12.9. The summed E-state index contributed by atoms with van der Waals surface area (Å²) < 4.78 is 52.0. The van der Waals surface area contributed by atoms with E-state index in [1.807, 2.05) is 5.32 Å². The van der Waals surface area contributed by atoms with Crippen LogP contribution in [-0.4, -0.2) is 17.3 Å². The van der Waals surface area contributed by atoms with E-state index in [-0.39, 0.29) is 0 Å². The molecular formula is C9H5ClF4N2O2. The molecule has 2 rings (SSSR count). The van der Waals surface area contributed by atoms with Gasteiger partial charge in [0, 0.05) is 0 Å². The summed E-state index contributed by atoms with van der Waals surface area (Å²) in [6.45, 7) is 0. The van der Waals surface area contributed by atoms with Crippen LogP contribution in [0.25, 0.3) is 0 Å². The molecule has 1 heterocycles. The minimum Gasteiger partial charge on any atom is -0.360 e. The van der Waals surface area contributed by atoms with Crippen LogP contribution >= 0.6 is 11.6 Å². The molecule has 4 nitrogen and oxygen atoms in total. The largest absolute Gasteiger partial charge is 0.441 e. The molecule has 0 radical (unpaired) electrons. The molecule has 1 aliphatic heterocycles. The van der Waals surface area contributed by atoms with E-state index in [4.69, 9.17) is 11.6 Å². The topological polar surface area (TPSA) is 61.4 Å². The number of amides is 2. The second kappa shape index (κ2) is 3.72. The first-order chi connectivity index (χ1) is 8.17. The minimum absolute atomic E-state index is 0.500. The van der Waals surface area contributed by atoms with Crippen LogP contribution in [0.3, 0.4) is 0 Å². The van der Waals surface area contributed by atoms with Gasteiger partial charge in [-0.1, -0.05) is 11.6 Å². The van der Waals surface area contributed by atoms with Gasteiger partial charge in [-0.3, -0.25) is 5.32 Å². The molecule has 18 heavy (non-hydrogen) atoms. The highest BCUT2D eigenvalue weighted by Gasteiger charge is 2.60. The number of benzene rings is 1. The van der Waals surface area contributed by atoms with E-state index in [0.29, 0.717) is 0 Å². The van der Waals surface area contributed by atoms with Gasteiger partial charge in [0.15, 0.2) is 5.82 Å². The summed E-state index contributed by atoms with van der Waals surface area (Å²) in [5.41, 5.74) is -5.48. The molecule has 1 aromatic carbocycles. The average Bonchev–Trinajstić information content (AvgIpc) is 2.21. The number of urea groups is 1. The van der Waals surface area contributed by atoms with Crippen molar-refractivity contribution in [3.8, 4) is 0 Å². The minimum atomic E-state index is -5.30. The quantitative estimate of drug-likeness (QED) is 0.640. The van der Waals surface area contributed by atoms with E-state index in [1.165, 1.54) is 5.32 Å². The first-order valence-corrected chi connectivity index (χ1v) is 4.91. The third-order valence-corrected chi connectivity index (χ3v) is 2.70. The van der Waals surface area contributed by atoms with Gasteiger partial charge >= 0.3 is 12.2 Å². The Kier molecular flexibility index (Phi) is 2.67. The second-order valence-electron chi connectivity index (χ2n) is 3.57. The van der Waals surface area contributed by atoms with Crippen molar-refractivity contribution in [2.24, 2.45) is 0 Å². The van der Waals surface area contributed by atoms with E-state index in [9.17, 15) is 27.5 Å². The van der Waals surface area contributed by atoms with Crippen LogP contribution in [-0.2, 0) is 5.72 Å². The third-order valence-electron chi connectivity index (χ3n) is 2.41. The molecule has 0 bridgehead atoms. The lowest BCUT2D eigenvalue weighted by Crippen LogP contribution is -2.60. The number of carbonyl (C=O) groups excluding carboxylic acids is 1. The van der Waals surface area contributed by atoms with Gasteiger partial charge in [-0.05, 0) is 12.1 Å². The van der Waals surface area contributed by atoms with Gasteiger partial charge in [0.2, 0.25) is 0 Å². The molecule has 0 saturated heterocycles. The van der Waals surface area contributed by atoms with Crippen molar-refractivity contribution in [1.82, 2.24) is 5.32 Å². The average molecular weight is 285 g/mol. The number of anilines is 1. The summed E-state index contributed by atoms with van der Waals surface area (Å²) in [4.78, 5) is 11.0. The molecule has 0 fully saturated rings. The maximum atomic E-state index is 13.7. The Labute approximate surface area is 103 Å². The van der Waals surface area contributed by atoms with Crippen LogP contribution in [0, 0.1) is 5.82 Å². The number of carbonyl (C=O) groups is 1. The molecule has 0 aliphatic carbocycles. The lowest BCUT2D eigenvalue weighted by molar-refractivity contribution is -0.275. The van der Waals surface area contributed by atoms with Crippen LogP contribution in [0.1, 0.15) is 5.56 Å². The second-order valence-corrected chi connectivity index (χ2v) is 3.98. The number of halogens is 5. The fourth-order valence-corrected chi connectivity index (χ4v) is 1.76. The SMILES string of the molecule is O=C1Nc2ccc(Cl)c(F)c2C(O)(C(F)(F)F)N1. The lowest BCUT2D eigenvalue weighted by atomic mass is 9.97. The van der Waals surface area contributed by atoms with Crippen LogP contribution in [0.5, 0.6) is 0 Å². The van der Waals surface area contributed by atoms with Crippen molar-refractivity contribution in [2.45, 2.75) is 11.9 Å². The fraction of sp³-hybridized carbons (Fsp3) is 0.222. The number of nitrogens with one attached hydrogen (secondary N) is 2. The van der Waals surface area contributed by atoms with Crippen molar-refractivity contribution >= 4 is 23.3 Å².